The normalized spacial score (nSPS) is 15.7. The average Bonchev–Trinajstić information content (AvgIpc) is 3.05. The molecular formula is C20H22N2O3. The number of nitrogens with zero attached hydrogens (tertiary/aromatic N) is 1. The van der Waals surface area contributed by atoms with Gasteiger partial charge < -0.3 is 10.1 Å². The monoisotopic (exact) mass is 338 g/mol. The fourth-order valence-electron chi connectivity index (χ4n) is 3.37. The second-order valence-electron chi connectivity index (χ2n) is 6.29. The Hall–Kier alpha value is -2.66. The number of nitrogens with one attached hydrogen (secondary N) is 1. The highest BCUT2D eigenvalue weighted by Crippen LogP contribution is 2.34. The number of methoxy groups -OCH3 is 1. The molecule has 0 spiro atoms. The molecule has 5 heteroatoms. The van der Waals surface area contributed by atoms with Gasteiger partial charge in [0, 0.05) is 11.7 Å². The van der Waals surface area contributed by atoms with E-state index < -0.39 is 5.97 Å². The summed E-state index contributed by atoms with van der Waals surface area (Å²) in [5.74, 6) is -0.523. The van der Waals surface area contributed by atoms with E-state index in [9.17, 15) is 9.59 Å². The number of hydrogen-bond acceptors (Lipinski definition) is 4. The first-order valence-corrected chi connectivity index (χ1v) is 8.35. The highest BCUT2D eigenvalue weighted by Gasteiger charge is 2.26. The van der Waals surface area contributed by atoms with Crippen LogP contribution in [0, 0.1) is 0 Å². The Morgan fingerprint density at radius 3 is 2.80 bits per heavy atom. The van der Waals surface area contributed by atoms with Crippen LogP contribution in [0.2, 0.25) is 0 Å². The van der Waals surface area contributed by atoms with Gasteiger partial charge in [0.15, 0.2) is 0 Å². The lowest BCUT2D eigenvalue weighted by atomic mass is 10.1. The number of esters is 1. The highest BCUT2D eigenvalue weighted by atomic mass is 16.5. The third-order valence-corrected chi connectivity index (χ3v) is 4.59. The molecule has 0 aromatic heterocycles. The molecule has 0 unspecified atom stereocenters. The Morgan fingerprint density at radius 1 is 1.20 bits per heavy atom. The van der Waals surface area contributed by atoms with Crippen molar-refractivity contribution in [2.24, 2.45) is 0 Å². The van der Waals surface area contributed by atoms with E-state index in [-0.39, 0.29) is 11.9 Å². The molecule has 1 aliphatic carbocycles. The first-order valence-electron chi connectivity index (χ1n) is 8.35. The van der Waals surface area contributed by atoms with Crippen LogP contribution in [0.15, 0.2) is 48.5 Å². The van der Waals surface area contributed by atoms with Crippen LogP contribution in [0.3, 0.4) is 0 Å². The van der Waals surface area contributed by atoms with Gasteiger partial charge in [-0.3, -0.25) is 9.69 Å². The number of anilines is 1. The summed E-state index contributed by atoms with van der Waals surface area (Å²) in [5.41, 5.74) is 3.68. The molecule has 0 heterocycles. The molecule has 130 valence electrons. The molecule has 0 fully saturated rings. The summed E-state index contributed by atoms with van der Waals surface area (Å²) < 4.78 is 4.70. The Bertz CT molecular complexity index is 788. The van der Waals surface area contributed by atoms with Crippen LogP contribution < -0.4 is 5.32 Å². The van der Waals surface area contributed by atoms with Crippen molar-refractivity contribution in [2.75, 3.05) is 26.0 Å². The Kier molecular flexibility index (Phi) is 5.14. The van der Waals surface area contributed by atoms with E-state index in [1.807, 2.05) is 13.1 Å². The van der Waals surface area contributed by atoms with Gasteiger partial charge in [-0.15, -0.1) is 0 Å². The van der Waals surface area contributed by atoms with Crippen LogP contribution in [-0.4, -0.2) is 37.5 Å². The number of fused-ring (bicyclic) bond motifs is 1. The zero-order valence-corrected chi connectivity index (χ0v) is 14.5. The van der Waals surface area contributed by atoms with Crippen LogP contribution in [-0.2, 0) is 16.0 Å². The SMILES string of the molecule is COC(=O)c1cccc(NC(=O)CN(C)[C@H]2CCc3ccccc32)c1. The van der Waals surface area contributed by atoms with Crippen molar-refractivity contribution in [3.8, 4) is 0 Å². The third kappa shape index (κ3) is 3.88. The van der Waals surface area contributed by atoms with E-state index in [0.29, 0.717) is 17.8 Å². The van der Waals surface area contributed by atoms with Crippen LogP contribution in [0.5, 0.6) is 0 Å². The van der Waals surface area contributed by atoms with Gasteiger partial charge in [0.05, 0.1) is 19.2 Å². The molecule has 0 bridgehead atoms. The van der Waals surface area contributed by atoms with Gasteiger partial charge in [0.25, 0.3) is 0 Å². The minimum absolute atomic E-state index is 0.103. The topological polar surface area (TPSA) is 58.6 Å². The van der Waals surface area contributed by atoms with Crippen molar-refractivity contribution in [1.29, 1.82) is 0 Å². The number of likely N-dealkylation sites (N-methyl/N-ethyl adjacent to an activating group) is 1. The molecule has 5 nitrogen and oxygen atoms in total. The van der Waals surface area contributed by atoms with E-state index in [1.165, 1.54) is 18.2 Å². The summed E-state index contributed by atoms with van der Waals surface area (Å²) in [7, 11) is 3.30. The molecule has 0 saturated carbocycles. The Morgan fingerprint density at radius 2 is 2.00 bits per heavy atom. The lowest BCUT2D eigenvalue weighted by Gasteiger charge is -2.24. The quantitative estimate of drug-likeness (QED) is 0.852. The van der Waals surface area contributed by atoms with E-state index in [0.717, 1.165) is 12.8 Å². The maximum absolute atomic E-state index is 12.4. The number of ether oxygens (including phenoxy) is 1. The van der Waals surface area contributed by atoms with Gasteiger partial charge in [-0.05, 0) is 49.2 Å². The van der Waals surface area contributed by atoms with Crippen LogP contribution >= 0.6 is 0 Å². The van der Waals surface area contributed by atoms with Gasteiger partial charge in [-0.25, -0.2) is 4.79 Å². The van der Waals surface area contributed by atoms with Gasteiger partial charge in [-0.1, -0.05) is 30.3 Å². The Labute approximate surface area is 147 Å². The van der Waals surface area contributed by atoms with Crippen LogP contribution in [0.25, 0.3) is 0 Å². The second-order valence-corrected chi connectivity index (χ2v) is 6.29. The van der Waals surface area contributed by atoms with E-state index >= 15 is 0 Å². The zero-order valence-electron chi connectivity index (χ0n) is 14.5. The molecule has 1 N–H and O–H groups in total. The number of carbonyl (C=O) groups excluding carboxylic acids is 2. The van der Waals surface area contributed by atoms with Crippen molar-refractivity contribution in [3.05, 3.63) is 65.2 Å². The fourth-order valence-corrected chi connectivity index (χ4v) is 3.37. The van der Waals surface area contributed by atoms with Gasteiger partial charge in [0.1, 0.15) is 0 Å². The first-order chi connectivity index (χ1) is 12.1. The molecule has 2 aromatic carbocycles. The average molecular weight is 338 g/mol. The number of hydrogen-bond donors (Lipinski definition) is 1. The summed E-state index contributed by atoms with van der Waals surface area (Å²) in [5, 5.41) is 2.85. The lowest BCUT2D eigenvalue weighted by molar-refractivity contribution is -0.117. The molecule has 2 aromatic rings. The lowest BCUT2D eigenvalue weighted by Crippen LogP contribution is -2.32. The van der Waals surface area contributed by atoms with Crippen molar-refractivity contribution < 1.29 is 14.3 Å². The first kappa shape index (κ1) is 17.2. The molecule has 1 amide bonds. The molecule has 25 heavy (non-hydrogen) atoms. The molecule has 0 saturated heterocycles. The Balaban J connectivity index is 1.62. The van der Waals surface area contributed by atoms with Crippen LogP contribution in [0.1, 0.15) is 33.9 Å². The standard InChI is InChI=1S/C20H22N2O3/c1-22(18-11-10-14-6-3-4-9-17(14)18)13-19(23)21-16-8-5-7-15(12-16)20(24)25-2/h3-9,12,18H,10-11,13H2,1-2H3,(H,21,23)/t18-/m0/s1. The predicted octanol–water partition coefficient (Wildman–Crippen LogP) is 3.03. The zero-order chi connectivity index (χ0) is 17.8. The molecule has 0 radical (unpaired) electrons. The summed E-state index contributed by atoms with van der Waals surface area (Å²) in [4.78, 5) is 26.0. The molecule has 0 aliphatic heterocycles. The largest absolute Gasteiger partial charge is 0.465 e. The summed E-state index contributed by atoms with van der Waals surface area (Å²) in [6.45, 7) is 0.293. The second kappa shape index (κ2) is 7.49. The number of carbonyl (C=O) groups is 2. The predicted molar refractivity (Wildman–Crippen MR) is 96.5 cm³/mol. The molecular weight excluding hydrogens is 316 g/mol. The third-order valence-electron chi connectivity index (χ3n) is 4.59. The fraction of sp³-hybridized carbons (Fsp3) is 0.300. The van der Waals surface area contributed by atoms with E-state index in [1.54, 1.807) is 24.3 Å². The van der Waals surface area contributed by atoms with Gasteiger partial charge >= 0.3 is 5.97 Å². The smallest absolute Gasteiger partial charge is 0.337 e. The number of rotatable bonds is 5. The molecule has 3 rings (SSSR count). The summed E-state index contributed by atoms with van der Waals surface area (Å²) >= 11 is 0. The van der Waals surface area contributed by atoms with E-state index in [2.05, 4.69) is 28.4 Å². The van der Waals surface area contributed by atoms with Gasteiger partial charge in [-0.2, -0.15) is 0 Å². The van der Waals surface area contributed by atoms with Crippen molar-refractivity contribution in [1.82, 2.24) is 4.90 Å². The minimum Gasteiger partial charge on any atom is -0.465 e. The summed E-state index contributed by atoms with van der Waals surface area (Å²) in [6, 6.07) is 15.4. The van der Waals surface area contributed by atoms with Gasteiger partial charge in [0.2, 0.25) is 5.91 Å². The molecule has 1 atom stereocenters. The van der Waals surface area contributed by atoms with E-state index in [4.69, 9.17) is 4.74 Å². The van der Waals surface area contributed by atoms with Crippen molar-refractivity contribution in [3.63, 3.8) is 0 Å². The maximum Gasteiger partial charge on any atom is 0.337 e. The minimum atomic E-state index is -0.421. The number of benzene rings is 2. The maximum atomic E-state index is 12.4. The van der Waals surface area contributed by atoms with Crippen LogP contribution in [0.4, 0.5) is 5.69 Å². The highest BCUT2D eigenvalue weighted by molar-refractivity contribution is 5.95. The summed E-state index contributed by atoms with van der Waals surface area (Å²) in [6.07, 6.45) is 2.08. The van der Waals surface area contributed by atoms with Crippen molar-refractivity contribution >= 4 is 17.6 Å². The van der Waals surface area contributed by atoms with Crippen molar-refractivity contribution in [2.45, 2.75) is 18.9 Å². The number of amides is 1. The molecule has 1 aliphatic rings. The number of aryl methyl sites for hydroxylation is 1.